The van der Waals surface area contributed by atoms with E-state index in [1.165, 1.54) is 7.11 Å². The molecule has 0 radical (unpaired) electrons. The first kappa shape index (κ1) is 11.4. The third kappa shape index (κ3) is 3.54. The van der Waals surface area contributed by atoms with Gasteiger partial charge in [-0.25, -0.2) is 0 Å². The maximum Gasteiger partial charge on any atom is 0.305 e. The molecule has 0 aromatic heterocycles. The second kappa shape index (κ2) is 5.96. The summed E-state index contributed by atoms with van der Waals surface area (Å²) in [7, 11) is 1.35. The molecule has 15 heavy (non-hydrogen) atoms. The number of aldehydes is 1. The smallest absolute Gasteiger partial charge is 0.305 e. The van der Waals surface area contributed by atoms with Crippen LogP contribution in [0.5, 0.6) is 0 Å². The number of rotatable bonds is 5. The summed E-state index contributed by atoms with van der Waals surface area (Å²) in [6.07, 6.45) is 1.65. The van der Waals surface area contributed by atoms with Crippen LogP contribution in [0.25, 0.3) is 0 Å². The van der Waals surface area contributed by atoms with Gasteiger partial charge >= 0.3 is 5.97 Å². The van der Waals surface area contributed by atoms with E-state index in [2.05, 4.69) is 4.74 Å². The Hall–Kier alpha value is -1.64. The summed E-state index contributed by atoms with van der Waals surface area (Å²) in [5.41, 5.74) is 0.941. The summed E-state index contributed by atoms with van der Waals surface area (Å²) in [5.74, 6) is -0.497. The van der Waals surface area contributed by atoms with E-state index in [0.717, 1.165) is 11.8 Å². The van der Waals surface area contributed by atoms with Crippen LogP contribution in [0, 0.1) is 0 Å². The molecule has 0 spiro atoms. The molecule has 0 saturated heterocycles. The molecule has 0 N–H and O–H groups in total. The first-order valence-electron chi connectivity index (χ1n) is 4.85. The number of carbonyl (C=O) groups is 2. The summed E-state index contributed by atoms with van der Waals surface area (Å²) in [4.78, 5) is 21.8. The van der Waals surface area contributed by atoms with Crippen LogP contribution in [0.15, 0.2) is 30.3 Å². The highest BCUT2D eigenvalue weighted by molar-refractivity contribution is 5.70. The van der Waals surface area contributed by atoms with Crippen molar-refractivity contribution < 1.29 is 14.3 Å². The summed E-state index contributed by atoms with van der Waals surface area (Å²) in [6, 6.07) is 9.42. The van der Waals surface area contributed by atoms with Gasteiger partial charge < -0.3 is 9.53 Å². The largest absolute Gasteiger partial charge is 0.469 e. The van der Waals surface area contributed by atoms with Crippen molar-refractivity contribution in [1.29, 1.82) is 0 Å². The normalized spacial score (nSPS) is 11.8. The Balaban J connectivity index is 2.57. The molecule has 0 heterocycles. The molecular formula is C12H14O3. The number of hydrogen-bond acceptors (Lipinski definition) is 3. The molecule has 1 aromatic carbocycles. The molecule has 0 amide bonds. The lowest BCUT2D eigenvalue weighted by atomic mass is 9.96. The number of hydrogen-bond donors (Lipinski definition) is 0. The highest BCUT2D eigenvalue weighted by Gasteiger charge is 2.12. The molecule has 1 unspecified atom stereocenters. The van der Waals surface area contributed by atoms with Gasteiger partial charge in [-0.2, -0.15) is 0 Å². The maximum atomic E-state index is 10.9. The lowest BCUT2D eigenvalue weighted by Gasteiger charge is -2.09. The fourth-order valence-corrected chi connectivity index (χ4v) is 1.39. The topological polar surface area (TPSA) is 43.4 Å². The van der Waals surface area contributed by atoms with Crippen molar-refractivity contribution in [3.05, 3.63) is 35.9 Å². The summed E-state index contributed by atoms with van der Waals surface area (Å²) in [5, 5.41) is 0. The predicted octanol–water partition coefficient (Wildman–Crippen LogP) is 1.92. The Bertz CT molecular complexity index is 319. The second-order valence-electron chi connectivity index (χ2n) is 3.27. The quantitative estimate of drug-likeness (QED) is 0.546. The van der Waals surface area contributed by atoms with E-state index >= 15 is 0 Å². The molecule has 0 saturated carbocycles. The minimum Gasteiger partial charge on any atom is -0.469 e. The fourth-order valence-electron chi connectivity index (χ4n) is 1.39. The maximum absolute atomic E-state index is 10.9. The van der Waals surface area contributed by atoms with Crippen LogP contribution < -0.4 is 0 Å². The van der Waals surface area contributed by atoms with E-state index < -0.39 is 0 Å². The molecule has 3 nitrogen and oxygen atoms in total. The molecule has 0 bridgehead atoms. The van der Waals surface area contributed by atoms with Gasteiger partial charge in [0.1, 0.15) is 6.29 Å². The third-order valence-corrected chi connectivity index (χ3v) is 2.28. The molecule has 0 fully saturated rings. The summed E-state index contributed by atoms with van der Waals surface area (Å²) >= 11 is 0. The Labute approximate surface area is 89.1 Å². The monoisotopic (exact) mass is 206 g/mol. The number of esters is 1. The van der Waals surface area contributed by atoms with E-state index in [9.17, 15) is 9.59 Å². The first-order chi connectivity index (χ1) is 7.27. The van der Waals surface area contributed by atoms with Crippen LogP contribution in [0.1, 0.15) is 24.3 Å². The SMILES string of the molecule is COC(=O)CCC(C=O)c1ccccc1. The van der Waals surface area contributed by atoms with Gasteiger partial charge in [0.25, 0.3) is 0 Å². The molecule has 0 aliphatic carbocycles. The van der Waals surface area contributed by atoms with Gasteiger partial charge in [0.15, 0.2) is 0 Å². The van der Waals surface area contributed by atoms with Crippen molar-refractivity contribution in [2.45, 2.75) is 18.8 Å². The zero-order valence-electron chi connectivity index (χ0n) is 8.68. The van der Waals surface area contributed by atoms with Crippen molar-refractivity contribution >= 4 is 12.3 Å². The molecule has 0 aliphatic heterocycles. The van der Waals surface area contributed by atoms with Crippen molar-refractivity contribution in [3.63, 3.8) is 0 Å². The highest BCUT2D eigenvalue weighted by Crippen LogP contribution is 2.18. The van der Waals surface area contributed by atoms with Gasteiger partial charge in [0, 0.05) is 12.3 Å². The average molecular weight is 206 g/mol. The number of carbonyl (C=O) groups excluding carboxylic acids is 2. The van der Waals surface area contributed by atoms with E-state index in [1.54, 1.807) is 0 Å². The van der Waals surface area contributed by atoms with Crippen molar-refractivity contribution in [2.75, 3.05) is 7.11 Å². The number of benzene rings is 1. The zero-order chi connectivity index (χ0) is 11.1. The minimum absolute atomic E-state index is 0.217. The van der Waals surface area contributed by atoms with Crippen LogP contribution in [0.4, 0.5) is 0 Å². The molecule has 80 valence electrons. The van der Waals surface area contributed by atoms with Crippen molar-refractivity contribution in [1.82, 2.24) is 0 Å². The zero-order valence-corrected chi connectivity index (χ0v) is 8.68. The van der Waals surface area contributed by atoms with E-state index in [1.807, 2.05) is 30.3 Å². The second-order valence-corrected chi connectivity index (χ2v) is 3.27. The Kier molecular flexibility index (Phi) is 4.54. The lowest BCUT2D eigenvalue weighted by Crippen LogP contribution is -2.06. The van der Waals surface area contributed by atoms with Gasteiger partial charge in [-0.3, -0.25) is 4.79 Å². The van der Waals surface area contributed by atoms with E-state index in [-0.39, 0.29) is 18.3 Å². The Morgan fingerprint density at radius 3 is 2.60 bits per heavy atom. The van der Waals surface area contributed by atoms with Gasteiger partial charge in [0.2, 0.25) is 0 Å². The lowest BCUT2D eigenvalue weighted by molar-refractivity contribution is -0.140. The highest BCUT2D eigenvalue weighted by atomic mass is 16.5. The van der Waals surface area contributed by atoms with E-state index in [4.69, 9.17) is 0 Å². The molecule has 1 rings (SSSR count). The van der Waals surface area contributed by atoms with Crippen LogP contribution in [0.2, 0.25) is 0 Å². The van der Waals surface area contributed by atoms with Crippen molar-refractivity contribution in [2.24, 2.45) is 0 Å². The third-order valence-electron chi connectivity index (χ3n) is 2.28. The number of methoxy groups -OCH3 is 1. The van der Waals surface area contributed by atoms with Crippen LogP contribution >= 0.6 is 0 Å². The van der Waals surface area contributed by atoms with E-state index in [0.29, 0.717) is 6.42 Å². The molecular weight excluding hydrogens is 192 g/mol. The minimum atomic E-state index is -0.280. The first-order valence-corrected chi connectivity index (χ1v) is 4.85. The predicted molar refractivity (Wildman–Crippen MR) is 56.5 cm³/mol. The molecule has 1 atom stereocenters. The standard InChI is InChI=1S/C12H14O3/c1-15-12(14)8-7-11(9-13)10-5-3-2-4-6-10/h2-6,9,11H,7-8H2,1H3. The fraction of sp³-hybridized carbons (Fsp3) is 0.333. The van der Waals surface area contributed by atoms with Crippen molar-refractivity contribution in [3.8, 4) is 0 Å². The van der Waals surface area contributed by atoms with Crippen LogP contribution in [-0.4, -0.2) is 19.4 Å². The number of ether oxygens (including phenoxy) is 1. The summed E-state index contributed by atoms with van der Waals surface area (Å²) in [6.45, 7) is 0. The van der Waals surface area contributed by atoms with Crippen LogP contribution in [0.3, 0.4) is 0 Å². The Morgan fingerprint density at radius 1 is 1.40 bits per heavy atom. The molecule has 0 aliphatic rings. The van der Waals surface area contributed by atoms with Gasteiger partial charge in [-0.1, -0.05) is 30.3 Å². The van der Waals surface area contributed by atoms with Gasteiger partial charge in [-0.15, -0.1) is 0 Å². The van der Waals surface area contributed by atoms with Gasteiger partial charge in [0.05, 0.1) is 7.11 Å². The van der Waals surface area contributed by atoms with Gasteiger partial charge in [-0.05, 0) is 12.0 Å². The molecule has 3 heteroatoms. The Morgan fingerprint density at radius 2 is 2.07 bits per heavy atom. The van der Waals surface area contributed by atoms with Crippen LogP contribution in [-0.2, 0) is 14.3 Å². The molecule has 1 aromatic rings. The summed E-state index contributed by atoms with van der Waals surface area (Å²) < 4.78 is 4.53. The average Bonchev–Trinajstić information content (AvgIpc) is 2.31.